The molecule has 1 rings (SSSR count). The molecule has 0 aliphatic heterocycles. The van der Waals surface area contributed by atoms with Crippen molar-refractivity contribution in [2.45, 2.75) is 31.2 Å². The topological polar surface area (TPSA) is 72.2 Å². The number of aryl methyl sites for hydroxylation is 1. The Morgan fingerprint density at radius 3 is 2.47 bits per heavy atom. The quantitative estimate of drug-likeness (QED) is 0.628. The summed E-state index contributed by atoms with van der Waals surface area (Å²) in [5.74, 6) is 2.37. The van der Waals surface area contributed by atoms with E-state index < -0.39 is 15.6 Å². The minimum Gasteiger partial charge on any atom is -0.398 e. The van der Waals surface area contributed by atoms with Gasteiger partial charge in [-0.2, -0.15) is 4.72 Å². The molecular weight excluding hydrogens is 236 g/mol. The zero-order valence-electron chi connectivity index (χ0n) is 10.1. The van der Waals surface area contributed by atoms with Crippen LogP contribution in [0.25, 0.3) is 0 Å². The molecule has 0 aromatic heterocycles. The van der Waals surface area contributed by atoms with Crippen LogP contribution in [-0.2, 0) is 10.0 Å². The lowest BCUT2D eigenvalue weighted by atomic mass is 10.1. The molecule has 92 valence electrons. The molecule has 5 heteroatoms. The molecule has 1 aromatic rings. The number of nitrogen functional groups attached to an aromatic ring is 1. The Balaban J connectivity index is 3.20. The van der Waals surface area contributed by atoms with Gasteiger partial charge in [0, 0.05) is 0 Å². The Bertz CT molecular complexity index is 569. The number of rotatable bonds is 3. The number of terminal acetylenes is 1. The maximum Gasteiger partial charge on any atom is 0.243 e. The van der Waals surface area contributed by atoms with E-state index in [1.165, 1.54) is 6.07 Å². The molecule has 0 saturated heterocycles. The standard InChI is InChI=1S/C12H16N2O2S/c1-5-12(3,4)14-17(15,16)11-7-6-9(2)8-10(11)13/h1,6-8,14H,13H2,2-4H3. The Hall–Kier alpha value is -1.51. The van der Waals surface area contributed by atoms with Crippen molar-refractivity contribution >= 4 is 15.7 Å². The second-order valence-corrected chi connectivity index (χ2v) is 6.07. The molecule has 0 heterocycles. The van der Waals surface area contributed by atoms with Crippen LogP contribution in [0, 0.1) is 19.3 Å². The van der Waals surface area contributed by atoms with Crippen molar-refractivity contribution in [3.63, 3.8) is 0 Å². The van der Waals surface area contributed by atoms with Gasteiger partial charge in [-0.1, -0.05) is 12.0 Å². The molecule has 1 aromatic carbocycles. The summed E-state index contributed by atoms with van der Waals surface area (Å²) in [6.45, 7) is 5.05. The summed E-state index contributed by atoms with van der Waals surface area (Å²) in [5.41, 5.74) is 5.86. The third kappa shape index (κ3) is 3.22. The lowest BCUT2D eigenvalue weighted by Gasteiger charge is -2.20. The average Bonchev–Trinajstić information content (AvgIpc) is 2.15. The molecule has 0 bridgehead atoms. The Morgan fingerprint density at radius 1 is 1.41 bits per heavy atom. The molecule has 0 fully saturated rings. The first-order chi connectivity index (χ1) is 7.68. The summed E-state index contributed by atoms with van der Waals surface area (Å²) in [6.07, 6.45) is 5.25. The van der Waals surface area contributed by atoms with Crippen molar-refractivity contribution < 1.29 is 8.42 Å². The molecule has 3 N–H and O–H groups in total. The first kappa shape index (κ1) is 13.6. The number of nitrogens with one attached hydrogen (secondary N) is 1. The maximum absolute atomic E-state index is 12.1. The van der Waals surface area contributed by atoms with E-state index >= 15 is 0 Å². The van der Waals surface area contributed by atoms with Crippen LogP contribution in [0.4, 0.5) is 5.69 Å². The van der Waals surface area contributed by atoms with Gasteiger partial charge >= 0.3 is 0 Å². The van der Waals surface area contributed by atoms with Crippen LogP contribution in [0.2, 0.25) is 0 Å². The maximum atomic E-state index is 12.1. The minimum atomic E-state index is -3.69. The fourth-order valence-electron chi connectivity index (χ4n) is 1.33. The second-order valence-electron chi connectivity index (χ2n) is 4.42. The summed E-state index contributed by atoms with van der Waals surface area (Å²) in [4.78, 5) is 0.0476. The van der Waals surface area contributed by atoms with E-state index in [0.29, 0.717) is 0 Å². The second kappa shape index (κ2) is 4.40. The van der Waals surface area contributed by atoms with E-state index in [9.17, 15) is 8.42 Å². The van der Waals surface area contributed by atoms with E-state index in [2.05, 4.69) is 10.6 Å². The molecule has 0 aliphatic rings. The normalized spacial score (nSPS) is 12.1. The van der Waals surface area contributed by atoms with Crippen molar-refractivity contribution in [2.24, 2.45) is 0 Å². The zero-order valence-corrected chi connectivity index (χ0v) is 10.9. The van der Waals surface area contributed by atoms with Gasteiger partial charge < -0.3 is 5.73 Å². The van der Waals surface area contributed by atoms with Gasteiger partial charge in [-0.15, -0.1) is 6.42 Å². The molecule has 0 aliphatic carbocycles. The summed E-state index contributed by atoms with van der Waals surface area (Å²) in [7, 11) is -3.69. The Kier molecular flexibility index (Phi) is 3.51. The monoisotopic (exact) mass is 252 g/mol. The van der Waals surface area contributed by atoms with E-state index in [0.717, 1.165) is 5.56 Å². The Morgan fingerprint density at radius 2 is 2.00 bits per heavy atom. The average molecular weight is 252 g/mol. The minimum absolute atomic E-state index is 0.0476. The van der Waals surface area contributed by atoms with Gasteiger partial charge in [-0.25, -0.2) is 8.42 Å². The van der Waals surface area contributed by atoms with Crippen LogP contribution >= 0.6 is 0 Å². The molecule has 0 unspecified atom stereocenters. The highest BCUT2D eigenvalue weighted by atomic mass is 32.2. The fourth-order valence-corrected chi connectivity index (χ4v) is 2.79. The van der Waals surface area contributed by atoms with Crippen LogP contribution in [0.15, 0.2) is 23.1 Å². The molecule has 17 heavy (non-hydrogen) atoms. The van der Waals surface area contributed by atoms with E-state index in [1.54, 1.807) is 26.0 Å². The van der Waals surface area contributed by atoms with E-state index in [-0.39, 0.29) is 10.6 Å². The molecule has 0 saturated carbocycles. The molecule has 4 nitrogen and oxygen atoms in total. The summed E-state index contributed by atoms with van der Waals surface area (Å²) in [6, 6.07) is 4.77. The van der Waals surface area contributed by atoms with Crippen molar-refractivity contribution in [1.82, 2.24) is 4.72 Å². The van der Waals surface area contributed by atoms with Crippen molar-refractivity contribution in [3.8, 4) is 12.3 Å². The third-order valence-corrected chi connectivity index (χ3v) is 3.94. The van der Waals surface area contributed by atoms with E-state index in [4.69, 9.17) is 12.2 Å². The number of nitrogens with two attached hydrogens (primary N) is 1. The van der Waals surface area contributed by atoms with Crippen molar-refractivity contribution in [3.05, 3.63) is 23.8 Å². The van der Waals surface area contributed by atoms with Crippen LogP contribution in [-0.4, -0.2) is 14.0 Å². The largest absolute Gasteiger partial charge is 0.398 e. The van der Waals surface area contributed by atoms with Crippen LogP contribution in [0.5, 0.6) is 0 Å². The predicted octanol–water partition coefficient (Wildman–Crippen LogP) is 1.27. The molecular formula is C12H16N2O2S. The summed E-state index contributed by atoms with van der Waals surface area (Å²) < 4.78 is 26.5. The Labute approximate surface area is 102 Å². The summed E-state index contributed by atoms with van der Waals surface area (Å²) >= 11 is 0. The number of benzene rings is 1. The smallest absolute Gasteiger partial charge is 0.243 e. The number of hydrogen-bond donors (Lipinski definition) is 2. The van der Waals surface area contributed by atoms with Gasteiger partial charge in [0.1, 0.15) is 4.90 Å². The lowest BCUT2D eigenvalue weighted by molar-refractivity contribution is 0.539. The van der Waals surface area contributed by atoms with Gasteiger partial charge in [-0.05, 0) is 38.5 Å². The lowest BCUT2D eigenvalue weighted by Crippen LogP contribution is -2.42. The van der Waals surface area contributed by atoms with Crippen molar-refractivity contribution in [1.29, 1.82) is 0 Å². The first-order valence-corrected chi connectivity index (χ1v) is 6.54. The SMILES string of the molecule is C#CC(C)(C)NS(=O)(=O)c1ccc(C)cc1N. The molecule has 0 radical (unpaired) electrons. The molecule has 0 amide bonds. The van der Waals surface area contributed by atoms with Gasteiger partial charge in [0.15, 0.2) is 0 Å². The van der Waals surface area contributed by atoms with Gasteiger partial charge in [-0.3, -0.25) is 0 Å². The molecule has 0 atom stereocenters. The highest BCUT2D eigenvalue weighted by molar-refractivity contribution is 7.89. The van der Waals surface area contributed by atoms with Gasteiger partial charge in [0.25, 0.3) is 0 Å². The number of sulfonamides is 1. The van der Waals surface area contributed by atoms with Crippen LogP contribution in [0.3, 0.4) is 0 Å². The first-order valence-electron chi connectivity index (χ1n) is 5.06. The molecule has 0 spiro atoms. The van der Waals surface area contributed by atoms with Gasteiger partial charge in [0.2, 0.25) is 10.0 Å². The summed E-state index contributed by atoms with van der Waals surface area (Å²) in [5, 5.41) is 0. The van der Waals surface area contributed by atoms with Crippen LogP contribution in [0.1, 0.15) is 19.4 Å². The predicted molar refractivity (Wildman–Crippen MR) is 68.8 cm³/mol. The fraction of sp³-hybridized carbons (Fsp3) is 0.333. The third-order valence-electron chi connectivity index (χ3n) is 2.21. The number of hydrogen-bond acceptors (Lipinski definition) is 3. The zero-order chi connectivity index (χ0) is 13.3. The van der Waals surface area contributed by atoms with Crippen LogP contribution < -0.4 is 10.5 Å². The highest BCUT2D eigenvalue weighted by Crippen LogP contribution is 2.20. The highest BCUT2D eigenvalue weighted by Gasteiger charge is 2.25. The van der Waals surface area contributed by atoms with Gasteiger partial charge in [0.05, 0.1) is 11.2 Å². The number of anilines is 1. The van der Waals surface area contributed by atoms with E-state index in [1.807, 2.05) is 6.92 Å². The van der Waals surface area contributed by atoms with Crippen molar-refractivity contribution in [2.75, 3.05) is 5.73 Å².